The number of nitrogens with one attached hydrogen (secondary N) is 2. The molecule has 2 heterocycles. The highest BCUT2D eigenvalue weighted by atomic mass is 35.5. The van der Waals surface area contributed by atoms with Crippen LogP contribution in [-0.4, -0.2) is 31.8 Å². The second kappa shape index (κ2) is 5.51. The summed E-state index contributed by atoms with van der Waals surface area (Å²) in [6, 6.07) is 5.17. The zero-order chi connectivity index (χ0) is 13.9. The van der Waals surface area contributed by atoms with E-state index in [-0.39, 0.29) is 11.7 Å². The third-order valence-corrected chi connectivity index (χ3v) is 3.39. The second-order valence-corrected chi connectivity index (χ2v) is 5.13. The second-order valence-electron chi connectivity index (χ2n) is 3.76. The van der Waals surface area contributed by atoms with Crippen molar-refractivity contribution in [1.82, 2.24) is 20.2 Å². The molecule has 0 atom stereocenters. The Morgan fingerprint density at radius 2 is 2.40 bits per heavy atom. The van der Waals surface area contributed by atoms with Crippen molar-refractivity contribution in [2.24, 2.45) is 0 Å². The van der Waals surface area contributed by atoms with Gasteiger partial charge < -0.3 is 4.42 Å². The van der Waals surface area contributed by atoms with Crippen LogP contribution in [0.2, 0.25) is 5.02 Å². The normalized spacial score (nSPS) is 10.8. The Morgan fingerprint density at radius 1 is 1.50 bits per heavy atom. The van der Waals surface area contributed by atoms with E-state index < -0.39 is 0 Å². The van der Waals surface area contributed by atoms with E-state index in [0.29, 0.717) is 27.3 Å². The molecule has 2 aromatic heterocycles. The van der Waals surface area contributed by atoms with Gasteiger partial charge in [0.1, 0.15) is 11.8 Å². The third-order valence-electron chi connectivity index (χ3n) is 2.33. The highest BCUT2D eigenvalue weighted by Gasteiger charge is 2.10. The zero-order valence-electron chi connectivity index (χ0n) is 9.96. The number of thioether (sulfide) groups is 1. The maximum Gasteiger partial charge on any atom is 0.257 e. The first-order chi connectivity index (χ1) is 9.70. The summed E-state index contributed by atoms with van der Waals surface area (Å²) >= 11 is 7.05. The van der Waals surface area contributed by atoms with Gasteiger partial charge in [0, 0.05) is 5.02 Å². The Kier molecular flexibility index (Phi) is 3.57. The number of oxazole rings is 1. The largest absolute Gasteiger partial charge is 0.431 e. The van der Waals surface area contributed by atoms with Crippen LogP contribution in [0.15, 0.2) is 34.2 Å². The van der Waals surface area contributed by atoms with Crippen LogP contribution in [0.25, 0.3) is 11.1 Å². The smallest absolute Gasteiger partial charge is 0.257 e. The Balaban J connectivity index is 1.63. The van der Waals surface area contributed by atoms with Gasteiger partial charge in [-0.05, 0) is 18.2 Å². The average molecular weight is 310 g/mol. The van der Waals surface area contributed by atoms with E-state index in [1.807, 2.05) is 0 Å². The fourth-order valence-electron chi connectivity index (χ4n) is 1.50. The van der Waals surface area contributed by atoms with Crippen molar-refractivity contribution >= 4 is 46.3 Å². The number of nitrogens with zero attached hydrogens (tertiary/aromatic N) is 3. The number of carbonyl (C=O) groups is 1. The molecule has 3 aromatic rings. The van der Waals surface area contributed by atoms with Crippen molar-refractivity contribution in [3.05, 3.63) is 29.5 Å². The summed E-state index contributed by atoms with van der Waals surface area (Å²) in [7, 11) is 0. The number of hydrogen-bond acceptors (Lipinski definition) is 6. The van der Waals surface area contributed by atoms with Crippen molar-refractivity contribution in [3.8, 4) is 0 Å². The minimum absolute atomic E-state index is 0.154. The van der Waals surface area contributed by atoms with Gasteiger partial charge in [-0.15, -0.1) is 0 Å². The molecular formula is C11H8ClN5O2S. The van der Waals surface area contributed by atoms with Gasteiger partial charge in [-0.3, -0.25) is 10.1 Å². The number of benzene rings is 1. The van der Waals surface area contributed by atoms with Gasteiger partial charge in [0.05, 0.1) is 5.75 Å². The molecule has 9 heteroatoms. The Morgan fingerprint density at radius 3 is 3.20 bits per heavy atom. The number of rotatable bonds is 4. The highest BCUT2D eigenvalue weighted by Crippen LogP contribution is 2.25. The highest BCUT2D eigenvalue weighted by molar-refractivity contribution is 7.99. The van der Waals surface area contributed by atoms with Crippen LogP contribution in [0.3, 0.4) is 0 Å². The molecule has 0 saturated heterocycles. The Hall–Kier alpha value is -2.06. The molecule has 3 rings (SSSR count). The summed E-state index contributed by atoms with van der Waals surface area (Å²) in [5, 5.41) is 9.72. The lowest BCUT2D eigenvalue weighted by Gasteiger charge is -1.98. The molecule has 0 saturated carbocycles. The molecule has 0 fully saturated rings. The molecule has 0 unspecified atom stereocenters. The topological polar surface area (TPSA) is 96.7 Å². The van der Waals surface area contributed by atoms with Crippen molar-refractivity contribution in [2.75, 3.05) is 11.1 Å². The first kappa shape index (κ1) is 12.9. The average Bonchev–Trinajstić information content (AvgIpc) is 3.04. The molecule has 0 aliphatic carbocycles. The van der Waals surface area contributed by atoms with Gasteiger partial charge in [-0.25, -0.2) is 10.1 Å². The van der Waals surface area contributed by atoms with Crippen molar-refractivity contribution < 1.29 is 9.21 Å². The number of anilines is 1. The molecule has 102 valence electrons. The molecule has 0 radical (unpaired) electrons. The lowest BCUT2D eigenvalue weighted by Crippen LogP contribution is -2.15. The van der Waals surface area contributed by atoms with Crippen LogP contribution in [0, 0.1) is 0 Å². The number of H-pyrrole nitrogens is 1. The monoisotopic (exact) mass is 309 g/mol. The zero-order valence-corrected chi connectivity index (χ0v) is 11.5. The summed E-state index contributed by atoms with van der Waals surface area (Å²) in [6.07, 6.45) is 1.31. The number of aromatic amines is 1. The molecular weight excluding hydrogens is 302 g/mol. The van der Waals surface area contributed by atoms with Gasteiger partial charge in [0.2, 0.25) is 11.9 Å². The van der Waals surface area contributed by atoms with Gasteiger partial charge in [0.25, 0.3) is 5.22 Å². The maximum absolute atomic E-state index is 11.6. The van der Waals surface area contributed by atoms with E-state index in [9.17, 15) is 4.79 Å². The first-order valence-electron chi connectivity index (χ1n) is 5.55. The number of carbonyl (C=O) groups excluding carboxylic acids is 1. The van der Waals surface area contributed by atoms with Crippen LogP contribution in [-0.2, 0) is 4.79 Å². The molecule has 1 aromatic carbocycles. The van der Waals surface area contributed by atoms with E-state index in [4.69, 9.17) is 16.0 Å². The summed E-state index contributed by atoms with van der Waals surface area (Å²) in [4.78, 5) is 19.7. The minimum Gasteiger partial charge on any atom is -0.431 e. The Labute approximate surface area is 122 Å². The van der Waals surface area contributed by atoms with E-state index in [2.05, 4.69) is 25.5 Å². The van der Waals surface area contributed by atoms with E-state index >= 15 is 0 Å². The lowest BCUT2D eigenvalue weighted by atomic mass is 10.3. The predicted molar refractivity (Wildman–Crippen MR) is 74.8 cm³/mol. The molecule has 0 spiro atoms. The number of halogens is 1. The van der Waals surface area contributed by atoms with E-state index in [1.165, 1.54) is 18.1 Å². The molecule has 7 nitrogen and oxygen atoms in total. The summed E-state index contributed by atoms with van der Waals surface area (Å²) in [6.45, 7) is 0. The van der Waals surface area contributed by atoms with Gasteiger partial charge in [-0.1, -0.05) is 23.4 Å². The molecule has 0 aliphatic heterocycles. The first-order valence-corrected chi connectivity index (χ1v) is 6.91. The van der Waals surface area contributed by atoms with Crippen LogP contribution in [0.5, 0.6) is 0 Å². The number of aromatic nitrogens is 4. The SMILES string of the molecule is O=C(CSc1nc2cc(Cl)ccc2o1)Nc1ncn[nH]1. The quantitative estimate of drug-likeness (QED) is 0.718. The van der Waals surface area contributed by atoms with Crippen LogP contribution < -0.4 is 5.32 Å². The Bertz CT molecular complexity index is 742. The maximum atomic E-state index is 11.6. The van der Waals surface area contributed by atoms with Gasteiger partial charge in [-0.2, -0.15) is 10.1 Å². The minimum atomic E-state index is -0.230. The van der Waals surface area contributed by atoms with Crippen molar-refractivity contribution in [2.45, 2.75) is 5.22 Å². The molecule has 1 amide bonds. The molecule has 0 bridgehead atoms. The third kappa shape index (κ3) is 2.91. The fraction of sp³-hybridized carbons (Fsp3) is 0.0909. The van der Waals surface area contributed by atoms with Gasteiger partial charge >= 0.3 is 0 Å². The van der Waals surface area contributed by atoms with E-state index in [1.54, 1.807) is 18.2 Å². The number of hydrogen-bond donors (Lipinski definition) is 2. The summed E-state index contributed by atoms with van der Waals surface area (Å²) < 4.78 is 5.49. The lowest BCUT2D eigenvalue weighted by molar-refractivity contribution is -0.113. The van der Waals surface area contributed by atoms with Crippen molar-refractivity contribution in [3.63, 3.8) is 0 Å². The van der Waals surface area contributed by atoms with E-state index in [0.717, 1.165) is 0 Å². The molecule has 2 N–H and O–H groups in total. The number of amides is 1. The predicted octanol–water partition coefficient (Wildman–Crippen LogP) is 2.33. The van der Waals surface area contributed by atoms with Crippen molar-refractivity contribution in [1.29, 1.82) is 0 Å². The van der Waals surface area contributed by atoms with Crippen LogP contribution in [0.1, 0.15) is 0 Å². The fourth-order valence-corrected chi connectivity index (χ4v) is 2.31. The number of fused-ring (bicyclic) bond motifs is 1. The molecule has 0 aliphatic rings. The standard InChI is InChI=1S/C11H8ClN5O2S/c12-6-1-2-8-7(3-6)15-11(19-8)20-4-9(18)16-10-13-5-14-17-10/h1-3,5H,4H2,(H2,13,14,16,17,18). The summed E-state index contributed by atoms with van der Waals surface area (Å²) in [5.41, 5.74) is 1.29. The summed E-state index contributed by atoms with van der Waals surface area (Å²) in [5.74, 6) is 0.230. The molecule has 20 heavy (non-hydrogen) atoms. The van der Waals surface area contributed by atoms with Crippen LogP contribution >= 0.6 is 23.4 Å². The van der Waals surface area contributed by atoms with Crippen LogP contribution in [0.4, 0.5) is 5.95 Å². The van der Waals surface area contributed by atoms with Gasteiger partial charge in [0.15, 0.2) is 5.58 Å².